The van der Waals surface area contributed by atoms with Gasteiger partial charge in [0.1, 0.15) is 12.7 Å². The van der Waals surface area contributed by atoms with Crippen LogP contribution in [0.3, 0.4) is 0 Å². The summed E-state index contributed by atoms with van der Waals surface area (Å²) in [5.41, 5.74) is 1.83. The van der Waals surface area contributed by atoms with Crippen molar-refractivity contribution in [3.8, 4) is 5.69 Å². The molecule has 0 aliphatic heterocycles. The second-order valence-corrected chi connectivity index (χ2v) is 5.45. The van der Waals surface area contributed by atoms with Crippen molar-refractivity contribution < 1.29 is 14.7 Å². The van der Waals surface area contributed by atoms with Crippen LogP contribution in [0.4, 0.5) is 0 Å². The second-order valence-electron chi connectivity index (χ2n) is 5.45. The lowest BCUT2D eigenvalue weighted by Crippen LogP contribution is -2.29. The molecule has 1 aliphatic carbocycles. The Kier molecular flexibility index (Phi) is 3.62. The van der Waals surface area contributed by atoms with Gasteiger partial charge in [-0.25, -0.2) is 9.67 Å². The lowest BCUT2D eigenvalue weighted by atomic mass is 10.1. The molecule has 0 spiro atoms. The summed E-state index contributed by atoms with van der Waals surface area (Å²) in [6, 6.07) is 7.42. The summed E-state index contributed by atoms with van der Waals surface area (Å²) in [6.07, 6.45) is 3.50. The molecule has 0 bridgehead atoms. The number of hydrogen-bond acceptors (Lipinski definition) is 4. The summed E-state index contributed by atoms with van der Waals surface area (Å²) in [6.45, 7) is 1.88. The number of rotatable bonds is 5. The number of nitrogens with zero attached hydrogens (tertiary/aromatic N) is 3. The summed E-state index contributed by atoms with van der Waals surface area (Å²) in [4.78, 5) is 26.6. The minimum atomic E-state index is -0.898. The predicted octanol–water partition coefficient (Wildman–Crippen LogP) is 1.17. The lowest BCUT2D eigenvalue weighted by Gasteiger charge is -2.14. The maximum Gasteiger partial charge on any atom is 0.307 e. The van der Waals surface area contributed by atoms with Crippen molar-refractivity contribution in [3.63, 3.8) is 0 Å². The Hall–Kier alpha value is -2.70. The maximum atomic E-state index is 12.0. The van der Waals surface area contributed by atoms with Gasteiger partial charge in [-0.1, -0.05) is 12.1 Å². The van der Waals surface area contributed by atoms with Crippen molar-refractivity contribution in [3.05, 3.63) is 42.5 Å². The summed E-state index contributed by atoms with van der Waals surface area (Å²) in [5.74, 6) is -2.01. The molecule has 1 aromatic carbocycles. The van der Waals surface area contributed by atoms with Crippen LogP contribution >= 0.6 is 0 Å². The summed E-state index contributed by atoms with van der Waals surface area (Å²) in [7, 11) is 0. The van der Waals surface area contributed by atoms with Gasteiger partial charge in [-0.2, -0.15) is 5.10 Å². The maximum absolute atomic E-state index is 12.0. The van der Waals surface area contributed by atoms with Gasteiger partial charge in [0.05, 0.1) is 23.6 Å². The van der Waals surface area contributed by atoms with Crippen LogP contribution in [0, 0.1) is 11.8 Å². The smallest absolute Gasteiger partial charge is 0.307 e. The topological polar surface area (TPSA) is 97.1 Å². The number of amides is 1. The van der Waals surface area contributed by atoms with Crippen LogP contribution in [-0.4, -0.2) is 31.7 Å². The number of aliphatic carboxylic acids is 1. The van der Waals surface area contributed by atoms with E-state index in [1.165, 1.54) is 6.33 Å². The molecule has 1 amide bonds. The molecular formula is C15H16N4O3. The first kappa shape index (κ1) is 14.2. The number of nitrogens with one attached hydrogen (secondary N) is 1. The molecule has 7 heteroatoms. The normalized spacial score (nSPS) is 21.1. The fourth-order valence-corrected chi connectivity index (χ4v) is 2.42. The van der Waals surface area contributed by atoms with Gasteiger partial charge < -0.3 is 10.4 Å². The number of benzene rings is 1. The van der Waals surface area contributed by atoms with E-state index >= 15 is 0 Å². The third-order valence-corrected chi connectivity index (χ3v) is 3.88. The number of carbonyl (C=O) groups is 2. The van der Waals surface area contributed by atoms with Gasteiger partial charge in [0.2, 0.25) is 5.91 Å². The highest BCUT2D eigenvalue weighted by molar-refractivity contribution is 5.89. The highest BCUT2D eigenvalue weighted by atomic mass is 16.4. The van der Waals surface area contributed by atoms with Crippen molar-refractivity contribution in [1.29, 1.82) is 0 Å². The van der Waals surface area contributed by atoms with E-state index in [2.05, 4.69) is 15.4 Å². The first-order valence-corrected chi connectivity index (χ1v) is 7.04. The van der Waals surface area contributed by atoms with E-state index < -0.39 is 17.8 Å². The third-order valence-electron chi connectivity index (χ3n) is 3.88. The Morgan fingerprint density at radius 3 is 2.59 bits per heavy atom. The zero-order chi connectivity index (χ0) is 15.7. The number of carbonyl (C=O) groups excluding carboxylic acids is 1. The van der Waals surface area contributed by atoms with E-state index in [9.17, 15) is 9.59 Å². The van der Waals surface area contributed by atoms with Crippen molar-refractivity contribution in [2.75, 3.05) is 0 Å². The first-order valence-electron chi connectivity index (χ1n) is 7.04. The van der Waals surface area contributed by atoms with Gasteiger partial charge in [-0.15, -0.1) is 0 Å². The molecule has 7 nitrogen and oxygen atoms in total. The van der Waals surface area contributed by atoms with E-state index in [0.29, 0.717) is 6.42 Å². The molecule has 1 saturated carbocycles. The molecule has 1 heterocycles. The van der Waals surface area contributed by atoms with E-state index in [1.807, 2.05) is 31.2 Å². The standard InChI is InChI=1S/C15H16N4O3/c1-9(18-14(20)12-6-13(12)15(21)22)10-2-4-11(5-3-10)19-8-16-7-17-19/h2-5,7-9,12-13H,6H2,1H3,(H,18,20)(H,21,22). The molecule has 1 aliphatic rings. The molecule has 1 fully saturated rings. The molecule has 2 N–H and O–H groups in total. The Bertz CT molecular complexity index is 681. The van der Waals surface area contributed by atoms with Gasteiger partial charge in [-0.05, 0) is 31.0 Å². The van der Waals surface area contributed by atoms with Crippen molar-refractivity contribution >= 4 is 11.9 Å². The van der Waals surface area contributed by atoms with E-state index in [-0.39, 0.29) is 11.9 Å². The summed E-state index contributed by atoms with van der Waals surface area (Å²) < 4.78 is 1.65. The number of carboxylic acids is 1. The van der Waals surface area contributed by atoms with Crippen LogP contribution in [-0.2, 0) is 9.59 Å². The van der Waals surface area contributed by atoms with Gasteiger partial charge >= 0.3 is 5.97 Å². The first-order chi connectivity index (χ1) is 10.6. The highest BCUT2D eigenvalue weighted by Crippen LogP contribution is 2.39. The predicted molar refractivity (Wildman–Crippen MR) is 77.1 cm³/mol. The number of hydrogen-bond donors (Lipinski definition) is 2. The second kappa shape index (κ2) is 5.59. The van der Waals surface area contributed by atoms with Crippen molar-refractivity contribution in [2.24, 2.45) is 11.8 Å². The van der Waals surface area contributed by atoms with E-state index in [1.54, 1.807) is 11.0 Å². The van der Waals surface area contributed by atoms with Gasteiger partial charge in [0.25, 0.3) is 0 Å². The fraction of sp³-hybridized carbons (Fsp3) is 0.333. The van der Waals surface area contributed by atoms with Crippen LogP contribution in [0.25, 0.3) is 5.69 Å². The van der Waals surface area contributed by atoms with Gasteiger partial charge in [0, 0.05) is 0 Å². The van der Waals surface area contributed by atoms with Crippen LogP contribution in [0.1, 0.15) is 24.9 Å². The molecule has 3 unspecified atom stereocenters. The van der Waals surface area contributed by atoms with Crippen LogP contribution in [0.15, 0.2) is 36.9 Å². The molecule has 0 radical (unpaired) electrons. The van der Waals surface area contributed by atoms with E-state index in [0.717, 1.165) is 11.3 Å². The average Bonchev–Trinajstić information content (AvgIpc) is 3.14. The molecule has 3 rings (SSSR count). The Balaban J connectivity index is 1.62. The Morgan fingerprint density at radius 1 is 1.32 bits per heavy atom. The monoisotopic (exact) mass is 300 g/mol. The summed E-state index contributed by atoms with van der Waals surface area (Å²) >= 11 is 0. The number of aromatic nitrogens is 3. The zero-order valence-corrected chi connectivity index (χ0v) is 12.0. The summed E-state index contributed by atoms with van der Waals surface area (Å²) in [5, 5.41) is 15.8. The zero-order valence-electron chi connectivity index (χ0n) is 12.0. The molecule has 1 aromatic heterocycles. The third kappa shape index (κ3) is 2.83. The SMILES string of the molecule is CC(NC(=O)C1CC1C(=O)O)c1ccc(-n2cncn2)cc1. The fourth-order valence-electron chi connectivity index (χ4n) is 2.42. The van der Waals surface area contributed by atoms with Gasteiger partial charge in [0.15, 0.2) is 0 Å². The van der Waals surface area contributed by atoms with Crippen molar-refractivity contribution in [2.45, 2.75) is 19.4 Å². The van der Waals surface area contributed by atoms with E-state index in [4.69, 9.17) is 5.11 Å². The van der Waals surface area contributed by atoms with Crippen LogP contribution in [0.5, 0.6) is 0 Å². The van der Waals surface area contributed by atoms with Crippen LogP contribution in [0.2, 0.25) is 0 Å². The minimum Gasteiger partial charge on any atom is -0.481 e. The lowest BCUT2D eigenvalue weighted by molar-refractivity contribution is -0.140. The Labute approximate surface area is 127 Å². The molecule has 114 valence electrons. The number of carboxylic acid groups (broad SMARTS) is 1. The Morgan fingerprint density at radius 2 is 2.05 bits per heavy atom. The van der Waals surface area contributed by atoms with Crippen LogP contribution < -0.4 is 5.32 Å². The molecule has 22 heavy (non-hydrogen) atoms. The molecule has 2 aromatic rings. The molecule has 3 atom stereocenters. The molecule has 0 saturated heterocycles. The van der Waals surface area contributed by atoms with Gasteiger partial charge in [-0.3, -0.25) is 9.59 Å². The largest absolute Gasteiger partial charge is 0.481 e. The van der Waals surface area contributed by atoms with Crippen molar-refractivity contribution in [1.82, 2.24) is 20.1 Å². The highest BCUT2D eigenvalue weighted by Gasteiger charge is 2.48. The minimum absolute atomic E-state index is 0.174. The quantitative estimate of drug-likeness (QED) is 0.863. The molecular weight excluding hydrogens is 284 g/mol. The average molecular weight is 300 g/mol.